The fourth-order valence-electron chi connectivity index (χ4n) is 2.16. The Morgan fingerprint density at radius 1 is 1.54 bits per heavy atom. The molecule has 0 amide bonds. The van der Waals surface area contributed by atoms with Crippen molar-refractivity contribution in [1.29, 1.82) is 0 Å². The molecular weight excluding hydrogens is 160 g/mol. The second kappa shape index (κ2) is 3.99. The molecule has 0 aromatic carbocycles. The first kappa shape index (κ1) is 8.86. The van der Waals surface area contributed by atoms with E-state index in [-0.39, 0.29) is 0 Å². The van der Waals surface area contributed by atoms with Crippen LogP contribution in [0.25, 0.3) is 0 Å². The second-order valence-electron chi connectivity index (χ2n) is 4.11. The van der Waals surface area contributed by atoms with Crippen molar-refractivity contribution in [3.63, 3.8) is 0 Å². The molecule has 0 aromatic rings. The molecule has 72 valence electrons. The molecule has 2 rings (SSSR count). The summed E-state index contributed by atoms with van der Waals surface area (Å²) >= 11 is 0. The van der Waals surface area contributed by atoms with Crippen molar-refractivity contribution in [1.82, 2.24) is 0 Å². The summed E-state index contributed by atoms with van der Waals surface area (Å²) in [5.74, 6) is 0.913. The summed E-state index contributed by atoms with van der Waals surface area (Å²) in [6.45, 7) is 3.08. The number of hydrogen-bond donors (Lipinski definition) is 0. The highest BCUT2D eigenvalue weighted by atomic mass is 16.5. The predicted molar refractivity (Wildman–Crippen MR) is 54.4 cm³/mol. The molecule has 1 fully saturated rings. The summed E-state index contributed by atoms with van der Waals surface area (Å²) in [4.78, 5) is 0. The summed E-state index contributed by atoms with van der Waals surface area (Å²) < 4.78 is 5.51. The van der Waals surface area contributed by atoms with E-state index in [2.05, 4.69) is 13.0 Å². The number of fused-ring (bicyclic) bond motifs is 2. The monoisotopic (exact) mass is 178 g/mol. The fourth-order valence-corrected chi connectivity index (χ4v) is 2.16. The number of rotatable bonds is 4. The Kier molecular flexibility index (Phi) is 2.72. The SMILES string of the molecule is CCCCOC=C1CC2CC=C1C2. The smallest absolute Gasteiger partial charge is 0.0873 e. The summed E-state index contributed by atoms with van der Waals surface area (Å²) in [6, 6.07) is 0. The highest BCUT2D eigenvalue weighted by molar-refractivity contribution is 5.39. The van der Waals surface area contributed by atoms with Crippen molar-refractivity contribution < 1.29 is 4.74 Å². The number of hydrogen-bond acceptors (Lipinski definition) is 1. The van der Waals surface area contributed by atoms with Gasteiger partial charge in [-0.3, -0.25) is 0 Å². The van der Waals surface area contributed by atoms with E-state index in [1.807, 2.05) is 6.26 Å². The third-order valence-corrected chi connectivity index (χ3v) is 2.97. The van der Waals surface area contributed by atoms with E-state index in [9.17, 15) is 0 Å². The Bertz CT molecular complexity index is 238. The maximum absolute atomic E-state index is 5.51. The van der Waals surface area contributed by atoms with Gasteiger partial charge in [0.25, 0.3) is 0 Å². The van der Waals surface area contributed by atoms with Crippen LogP contribution in [-0.2, 0) is 4.74 Å². The van der Waals surface area contributed by atoms with Gasteiger partial charge in [0.05, 0.1) is 12.9 Å². The van der Waals surface area contributed by atoms with Gasteiger partial charge in [0.2, 0.25) is 0 Å². The van der Waals surface area contributed by atoms with Crippen LogP contribution in [0.15, 0.2) is 23.5 Å². The van der Waals surface area contributed by atoms with Gasteiger partial charge >= 0.3 is 0 Å². The zero-order valence-electron chi connectivity index (χ0n) is 8.38. The van der Waals surface area contributed by atoms with Gasteiger partial charge in [0.1, 0.15) is 0 Å². The third kappa shape index (κ3) is 1.96. The van der Waals surface area contributed by atoms with E-state index in [0.29, 0.717) is 0 Å². The molecule has 0 heterocycles. The Morgan fingerprint density at radius 2 is 2.46 bits per heavy atom. The van der Waals surface area contributed by atoms with Crippen molar-refractivity contribution in [2.75, 3.05) is 6.61 Å². The highest BCUT2D eigenvalue weighted by Gasteiger charge is 2.28. The Hall–Kier alpha value is -0.720. The molecule has 0 aromatic heterocycles. The van der Waals surface area contributed by atoms with Crippen LogP contribution >= 0.6 is 0 Å². The topological polar surface area (TPSA) is 9.23 Å². The normalized spacial score (nSPS) is 28.2. The lowest BCUT2D eigenvalue weighted by atomic mass is 10.0. The standard InChI is InChI=1S/C12H18O/c1-2-3-6-13-9-12-8-10-4-5-11(12)7-10/h5,9-10H,2-4,6-8H2,1H3. The van der Waals surface area contributed by atoms with Crippen LogP contribution in [0.2, 0.25) is 0 Å². The van der Waals surface area contributed by atoms with E-state index in [1.54, 1.807) is 5.57 Å². The molecule has 1 heteroatoms. The Balaban J connectivity index is 1.81. The van der Waals surface area contributed by atoms with E-state index in [1.165, 1.54) is 37.7 Å². The maximum atomic E-state index is 5.51. The van der Waals surface area contributed by atoms with E-state index in [0.717, 1.165) is 12.5 Å². The van der Waals surface area contributed by atoms with Gasteiger partial charge in [-0.15, -0.1) is 0 Å². The molecule has 0 saturated heterocycles. The van der Waals surface area contributed by atoms with Crippen LogP contribution in [0.3, 0.4) is 0 Å². The number of allylic oxidation sites excluding steroid dienone is 3. The molecule has 0 aliphatic heterocycles. The van der Waals surface area contributed by atoms with Gasteiger partial charge in [-0.1, -0.05) is 19.4 Å². The minimum atomic E-state index is 0.887. The average Bonchev–Trinajstić information content (AvgIpc) is 2.73. The molecular formula is C12H18O. The summed E-state index contributed by atoms with van der Waals surface area (Å²) in [5, 5.41) is 0. The van der Waals surface area contributed by atoms with Crippen molar-refractivity contribution in [2.24, 2.45) is 5.92 Å². The molecule has 13 heavy (non-hydrogen) atoms. The van der Waals surface area contributed by atoms with Crippen molar-refractivity contribution in [3.05, 3.63) is 23.5 Å². The molecule has 1 nitrogen and oxygen atoms in total. The first-order valence-electron chi connectivity index (χ1n) is 5.40. The quantitative estimate of drug-likeness (QED) is 0.473. The van der Waals surface area contributed by atoms with Crippen molar-refractivity contribution in [2.45, 2.75) is 39.0 Å². The van der Waals surface area contributed by atoms with Gasteiger partial charge in [-0.05, 0) is 42.7 Å². The molecule has 1 atom stereocenters. The lowest BCUT2D eigenvalue weighted by molar-refractivity contribution is 0.240. The van der Waals surface area contributed by atoms with Crippen LogP contribution in [0, 0.1) is 5.92 Å². The number of unbranched alkanes of at least 4 members (excludes halogenated alkanes) is 1. The third-order valence-electron chi connectivity index (χ3n) is 2.97. The molecule has 0 N–H and O–H groups in total. The molecule has 2 aliphatic rings. The zero-order valence-corrected chi connectivity index (χ0v) is 8.38. The van der Waals surface area contributed by atoms with Gasteiger partial charge in [0.15, 0.2) is 0 Å². The lowest BCUT2D eigenvalue weighted by Gasteiger charge is -2.06. The van der Waals surface area contributed by atoms with Crippen LogP contribution in [0.1, 0.15) is 39.0 Å². The predicted octanol–water partition coefficient (Wildman–Crippen LogP) is 3.43. The first-order valence-corrected chi connectivity index (χ1v) is 5.40. The molecule has 2 bridgehead atoms. The van der Waals surface area contributed by atoms with Crippen molar-refractivity contribution in [3.8, 4) is 0 Å². The van der Waals surface area contributed by atoms with Gasteiger partial charge in [-0.2, -0.15) is 0 Å². The average molecular weight is 178 g/mol. The van der Waals surface area contributed by atoms with Crippen LogP contribution in [0.5, 0.6) is 0 Å². The van der Waals surface area contributed by atoms with E-state index >= 15 is 0 Å². The molecule has 0 radical (unpaired) electrons. The minimum Gasteiger partial charge on any atom is -0.501 e. The van der Waals surface area contributed by atoms with Crippen LogP contribution < -0.4 is 0 Å². The van der Waals surface area contributed by atoms with Crippen LogP contribution in [-0.4, -0.2) is 6.61 Å². The van der Waals surface area contributed by atoms with Gasteiger partial charge < -0.3 is 4.74 Å². The van der Waals surface area contributed by atoms with E-state index in [4.69, 9.17) is 4.74 Å². The first-order chi connectivity index (χ1) is 6.40. The second-order valence-corrected chi connectivity index (χ2v) is 4.11. The van der Waals surface area contributed by atoms with Crippen LogP contribution in [0.4, 0.5) is 0 Å². The molecule has 0 spiro atoms. The molecule has 2 aliphatic carbocycles. The summed E-state index contributed by atoms with van der Waals surface area (Å²) in [6.07, 6.45) is 10.6. The van der Waals surface area contributed by atoms with Crippen molar-refractivity contribution >= 4 is 0 Å². The Labute approximate surface area is 80.5 Å². The van der Waals surface area contributed by atoms with E-state index < -0.39 is 0 Å². The summed E-state index contributed by atoms with van der Waals surface area (Å²) in [5.41, 5.74) is 3.02. The van der Waals surface area contributed by atoms with Gasteiger partial charge in [0, 0.05) is 0 Å². The molecule has 1 saturated carbocycles. The molecule has 1 unspecified atom stereocenters. The summed E-state index contributed by atoms with van der Waals surface area (Å²) in [7, 11) is 0. The number of ether oxygens (including phenoxy) is 1. The van der Waals surface area contributed by atoms with Gasteiger partial charge in [-0.25, -0.2) is 0 Å². The lowest BCUT2D eigenvalue weighted by Crippen LogP contribution is -1.92. The fraction of sp³-hybridized carbons (Fsp3) is 0.667. The maximum Gasteiger partial charge on any atom is 0.0873 e. The zero-order chi connectivity index (χ0) is 9.10. The minimum absolute atomic E-state index is 0.887. The highest BCUT2D eigenvalue weighted by Crippen LogP contribution is 2.43. The largest absolute Gasteiger partial charge is 0.501 e. The Morgan fingerprint density at radius 3 is 3.08 bits per heavy atom.